The fourth-order valence-corrected chi connectivity index (χ4v) is 2.15. The van der Waals surface area contributed by atoms with E-state index in [0.717, 1.165) is 6.42 Å². The summed E-state index contributed by atoms with van der Waals surface area (Å²) in [6.45, 7) is 0. The summed E-state index contributed by atoms with van der Waals surface area (Å²) in [5, 5.41) is 9.80. The highest BCUT2D eigenvalue weighted by molar-refractivity contribution is 5.95. The van der Waals surface area contributed by atoms with E-state index >= 15 is 0 Å². The zero-order valence-electron chi connectivity index (χ0n) is 6.21. The first kappa shape index (κ1) is 6.85. The van der Waals surface area contributed by atoms with Crippen LogP contribution in [-0.4, -0.2) is 16.6 Å². The summed E-state index contributed by atoms with van der Waals surface area (Å²) in [7, 11) is 0. The van der Waals surface area contributed by atoms with E-state index in [4.69, 9.17) is 5.73 Å². The van der Waals surface area contributed by atoms with E-state index in [2.05, 4.69) is 0 Å². The number of carbonyl (C=O) groups is 1. The van der Waals surface area contributed by atoms with Gasteiger partial charge in [0.15, 0.2) is 0 Å². The zero-order valence-corrected chi connectivity index (χ0v) is 6.21. The van der Waals surface area contributed by atoms with Crippen LogP contribution in [0.25, 0.3) is 0 Å². The van der Waals surface area contributed by atoms with Crippen molar-refractivity contribution >= 4 is 5.91 Å². The van der Waals surface area contributed by atoms with Gasteiger partial charge in [-0.1, -0.05) is 6.08 Å². The van der Waals surface area contributed by atoms with Crippen molar-refractivity contribution in [1.82, 2.24) is 0 Å². The third-order valence-electron chi connectivity index (χ3n) is 2.70. The van der Waals surface area contributed by atoms with Crippen LogP contribution in [0.5, 0.6) is 0 Å². The number of aliphatic hydroxyl groups is 1. The summed E-state index contributed by atoms with van der Waals surface area (Å²) in [6.07, 6.45) is 4.22. The van der Waals surface area contributed by atoms with Gasteiger partial charge in [0.2, 0.25) is 5.91 Å². The molecule has 0 aromatic heterocycles. The van der Waals surface area contributed by atoms with Crippen LogP contribution < -0.4 is 5.73 Å². The molecule has 3 heteroatoms. The maximum Gasteiger partial charge on any atom is 0.247 e. The van der Waals surface area contributed by atoms with E-state index in [0.29, 0.717) is 24.3 Å². The van der Waals surface area contributed by atoms with E-state index < -0.39 is 11.5 Å². The molecule has 0 aromatic carbocycles. The van der Waals surface area contributed by atoms with Crippen molar-refractivity contribution in [2.24, 2.45) is 11.7 Å². The lowest BCUT2D eigenvalue weighted by Gasteiger charge is -2.20. The summed E-state index contributed by atoms with van der Waals surface area (Å²) >= 11 is 0. The minimum absolute atomic E-state index is 0.391. The third kappa shape index (κ3) is 0.807. The summed E-state index contributed by atoms with van der Waals surface area (Å²) in [5.41, 5.74) is 4.68. The standard InChI is InChI=1S/C8H11NO2/c9-7(10)6-3-5-1-2-8(6,11)4-5/h3,5,11H,1-2,4H2,(H2,9,10). The molecule has 3 N–H and O–H groups in total. The van der Waals surface area contributed by atoms with Crippen LogP contribution in [0.15, 0.2) is 11.6 Å². The van der Waals surface area contributed by atoms with E-state index in [-0.39, 0.29) is 0 Å². The SMILES string of the molecule is NC(=O)C1=CC2CCC1(O)C2. The maximum absolute atomic E-state index is 10.8. The van der Waals surface area contributed by atoms with Gasteiger partial charge in [-0.05, 0) is 25.2 Å². The van der Waals surface area contributed by atoms with Gasteiger partial charge in [-0.3, -0.25) is 4.79 Å². The van der Waals surface area contributed by atoms with Gasteiger partial charge < -0.3 is 10.8 Å². The normalized spacial score (nSPS) is 40.8. The molecule has 1 amide bonds. The van der Waals surface area contributed by atoms with Crippen molar-refractivity contribution in [2.45, 2.75) is 24.9 Å². The number of fused-ring (bicyclic) bond motifs is 2. The lowest BCUT2D eigenvalue weighted by Crippen LogP contribution is -2.33. The Hall–Kier alpha value is -0.830. The predicted molar refractivity (Wildman–Crippen MR) is 39.6 cm³/mol. The number of primary amides is 1. The minimum Gasteiger partial charge on any atom is -0.385 e. The Bertz CT molecular complexity index is 246. The Kier molecular flexibility index (Phi) is 1.16. The average Bonchev–Trinajstić information content (AvgIpc) is 2.41. The number of allylic oxidation sites excluding steroid dienone is 1. The second-order valence-electron chi connectivity index (χ2n) is 3.48. The zero-order chi connectivity index (χ0) is 8.06. The van der Waals surface area contributed by atoms with Crippen molar-refractivity contribution in [3.63, 3.8) is 0 Å². The second-order valence-corrected chi connectivity index (χ2v) is 3.48. The maximum atomic E-state index is 10.8. The highest BCUT2D eigenvalue weighted by Gasteiger charge is 2.47. The number of nitrogens with two attached hydrogens (primary N) is 1. The third-order valence-corrected chi connectivity index (χ3v) is 2.70. The average molecular weight is 153 g/mol. The van der Waals surface area contributed by atoms with Gasteiger partial charge in [0.05, 0.1) is 5.60 Å². The second kappa shape index (κ2) is 1.85. The summed E-state index contributed by atoms with van der Waals surface area (Å²) in [5.74, 6) is -0.0720. The number of rotatable bonds is 1. The molecule has 2 aliphatic carbocycles. The highest BCUT2D eigenvalue weighted by Crippen LogP contribution is 2.46. The molecule has 2 atom stereocenters. The van der Waals surface area contributed by atoms with Crippen LogP contribution in [0.4, 0.5) is 0 Å². The van der Waals surface area contributed by atoms with Crippen molar-refractivity contribution in [2.75, 3.05) is 0 Å². The fourth-order valence-electron chi connectivity index (χ4n) is 2.15. The Labute approximate surface area is 64.9 Å². The van der Waals surface area contributed by atoms with Crippen molar-refractivity contribution in [3.05, 3.63) is 11.6 Å². The van der Waals surface area contributed by atoms with Crippen LogP contribution >= 0.6 is 0 Å². The Balaban J connectivity index is 2.36. The first-order valence-electron chi connectivity index (χ1n) is 3.86. The summed E-state index contributed by atoms with van der Waals surface area (Å²) in [4.78, 5) is 10.8. The van der Waals surface area contributed by atoms with E-state index in [9.17, 15) is 9.90 Å². The molecule has 0 saturated heterocycles. The molecule has 1 saturated carbocycles. The molecule has 0 radical (unpaired) electrons. The minimum atomic E-state index is -0.865. The molecule has 2 rings (SSSR count). The molecule has 2 bridgehead atoms. The number of hydrogen-bond donors (Lipinski definition) is 2. The van der Waals surface area contributed by atoms with Crippen LogP contribution in [0.3, 0.4) is 0 Å². The molecule has 60 valence electrons. The van der Waals surface area contributed by atoms with Crippen molar-refractivity contribution < 1.29 is 9.90 Å². The van der Waals surface area contributed by atoms with Crippen LogP contribution in [-0.2, 0) is 4.79 Å². The van der Waals surface area contributed by atoms with Gasteiger partial charge in [-0.25, -0.2) is 0 Å². The lowest BCUT2D eigenvalue weighted by molar-refractivity contribution is -0.116. The Morgan fingerprint density at radius 2 is 2.55 bits per heavy atom. The first-order valence-corrected chi connectivity index (χ1v) is 3.86. The van der Waals surface area contributed by atoms with Crippen LogP contribution in [0, 0.1) is 5.92 Å². The van der Waals surface area contributed by atoms with E-state index in [1.807, 2.05) is 6.08 Å². The molecule has 0 spiro atoms. The van der Waals surface area contributed by atoms with Gasteiger partial charge in [-0.2, -0.15) is 0 Å². The lowest BCUT2D eigenvalue weighted by atomic mass is 9.93. The molecule has 0 aromatic rings. The largest absolute Gasteiger partial charge is 0.385 e. The number of hydrogen-bond acceptors (Lipinski definition) is 2. The fraction of sp³-hybridized carbons (Fsp3) is 0.625. The first-order chi connectivity index (χ1) is 5.12. The Morgan fingerprint density at radius 1 is 1.82 bits per heavy atom. The van der Waals surface area contributed by atoms with Gasteiger partial charge in [0.25, 0.3) is 0 Å². The predicted octanol–water partition coefficient (Wildman–Crippen LogP) is -0.0571. The summed E-state index contributed by atoms with van der Waals surface area (Å²) < 4.78 is 0. The summed E-state index contributed by atoms with van der Waals surface area (Å²) in [6, 6.07) is 0. The quantitative estimate of drug-likeness (QED) is 0.554. The van der Waals surface area contributed by atoms with Crippen molar-refractivity contribution in [1.29, 1.82) is 0 Å². The number of amides is 1. The molecular weight excluding hydrogens is 142 g/mol. The number of carbonyl (C=O) groups excluding carboxylic acids is 1. The molecule has 0 heterocycles. The van der Waals surface area contributed by atoms with E-state index in [1.165, 1.54) is 0 Å². The van der Waals surface area contributed by atoms with Crippen LogP contribution in [0.2, 0.25) is 0 Å². The van der Waals surface area contributed by atoms with Gasteiger partial charge in [0.1, 0.15) is 0 Å². The van der Waals surface area contributed by atoms with Gasteiger partial charge in [-0.15, -0.1) is 0 Å². The monoisotopic (exact) mass is 153 g/mol. The molecule has 3 nitrogen and oxygen atoms in total. The molecule has 1 fully saturated rings. The Morgan fingerprint density at radius 3 is 2.82 bits per heavy atom. The van der Waals surface area contributed by atoms with Crippen molar-refractivity contribution in [3.8, 4) is 0 Å². The smallest absolute Gasteiger partial charge is 0.247 e. The van der Waals surface area contributed by atoms with Gasteiger partial charge in [0, 0.05) is 5.57 Å². The van der Waals surface area contributed by atoms with E-state index in [1.54, 1.807) is 0 Å². The molecular formula is C8H11NO2. The van der Waals surface area contributed by atoms with Crippen LogP contribution in [0.1, 0.15) is 19.3 Å². The molecule has 2 unspecified atom stereocenters. The molecule has 2 aliphatic rings. The molecule has 11 heavy (non-hydrogen) atoms. The molecule has 0 aliphatic heterocycles. The highest BCUT2D eigenvalue weighted by atomic mass is 16.3. The van der Waals surface area contributed by atoms with Gasteiger partial charge >= 0.3 is 0 Å². The topological polar surface area (TPSA) is 63.3 Å².